The van der Waals surface area contributed by atoms with Crippen LogP contribution in [0, 0.1) is 5.92 Å². The minimum atomic E-state index is -3.48. The van der Waals surface area contributed by atoms with Crippen LogP contribution in [0.25, 0.3) is 0 Å². The first-order valence-electron chi connectivity index (χ1n) is 7.82. The minimum Gasteiger partial charge on any atom is -0.497 e. The Bertz CT molecular complexity index is 974. The number of aromatic nitrogens is 2. The fourth-order valence-corrected chi connectivity index (χ4v) is 4.07. The van der Waals surface area contributed by atoms with E-state index >= 15 is 0 Å². The van der Waals surface area contributed by atoms with Crippen molar-refractivity contribution in [2.24, 2.45) is 5.92 Å². The number of benzene rings is 1. The first kappa shape index (κ1) is 19.0. The van der Waals surface area contributed by atoms with Gasteiger partial charge in [0.1, 0.15) is 5.75 Å². The number of amides is 2. The van der Waals surface area contributed by atoms with Crippen LogP contribution >= 0.6 is 11.3 Å². The molecule has 1 saturated heterocycles. The van der Waals surface area contributed by atoms with Gasteiger partial charge in [-0.05, 0) is 12.1 Å². The Morgan fingerprint density at radius 1 is 1.33 bits per heavy atom. The third-order valence-corrected chi connectivity index (χ3v) is 5.24. The maximum atomic E-state index is 12.4. The maximum Gasteiger partial charge on any atom is 0.231 e. The zero-order valence-electron chi connectivity index (χ0n) is 14.5. The molecule has 1 fully saturated rings. The Kier molecular flexibility index (Phi) is 5.28. The summed E-state index contributed by atoms with van der Waals surface area (Å²) in [7, 11) is -1.94. The highest BCUT2D eigenvalue weighted by molar-refractivity contribution is 7.92. The lowest BCUT2D eigenvalue weighted by Crippen LogP contribution is -2.28. The number of hydrogen-bond donors (Lipinski definition) is 2. The van der Waals surface area contributed by atoms with E-state index in [2.05, 4.69) is 20.2 Å². The van der Waals surface area contributed by atoms with Gasteiger partial charge >= 0.3 is 0 Å². The van der Waals surface area contributed by atoms with Crippen molar-refractivity contribution in [1.29, 1.82) is 0 Å². The van der Waals surface area contributed by atoms with Crippen LogP contribution in [-0.2, 0) is 19.6 Å². The number of hydrogen-bond acceptors (Lipinski definition) is 8. The summed E-state index contributed by atoms with van der Waals surface area (Å²) in [6.45, 7) is 0.227. The lowest BCUT2D eigenvalue weighted by atomic mass is 10.1. The second-order valence-electron chi connectivity index (χ2n) is 5.88. The summed E-state index contributed by atoms with van der Waals surface area (Å²) in [6.07, 6.45) is 1.06. The largest absolute Gasteiger partial charge is 0.497 e. The van der Waals surface area contributed by atoms with Crippen LogP contribution in [0.15, 0.2) is 24.3 Å². The standard InChI is InChI=1S/C15H17N5O5S2/c1-25-11-5-3-4-10(7-11)20-8-9(6-12(20)21)13(22)16-14-17-18-15(26-14)19-27(2,23)24/h3-5,7,9H,6,8H2,1-2H3,(H,18,19)(H,16,17,22). The molecule has 2 N–H and O–H groups in total. The summed E-state index contributed by atoms with van der Waals surface area (Å²) in [4.78, 5) is 26.3. The predicted molar refractivity (Wildman–Crippen MR) is 100 cm³/mol. The summed E-state index contributed by atoms with van der Waals surface area (Å²) in [6, 6.07) is 7.04. The van der Waals surface area contributed by atoms with E-state index in [0.717, 1.165) is 17.6 Å². The SMILES string of the molecule is COc1cccc(N2CC(C(=O)Nc3nnc(NS(C)(=O)=O)s3)CC2=O)c1. The molecule has 1 aromatic carbocycles. The van der Waals surface area contributed by atoms with Crippen LogP contribution < -0.4 is 19.7 Å². The van der Waals surface area contributed by atoms with Gasteiger partial charge in [0, 0.05) is 24.7 Å². The van der Waals surface area contributed by atoms with Gasteiger partial charge in [-0.1, -0.05) is 17.4 Å². The summed E-state index contributed by atoms with van der Waals surface area (Å²) in [5, 5.41) is 10.1. The Balaban J connectivity index is 1.65. The number of nitrogens with one attached hydrogen (secondary N) is 2. The molecular weight excluding hydrogens is 394 g/mol. The molecule has 0 aliphatic carbocycles. The Labute approximate surface area is 159 Å². The lowest BCUT2D eigenvalue weighted by Gasteiger charge is -2.17. The number of carbonyl (C=O) groups is 2. The molecule has 27 heavy (non-hydrogen) atoms. The van der Waals surface area contributed by atoms with Crippen LogP contribution in [0.3, 0.4) is 0 Å². The predicted octanol–water partition coefficient (Wildman–Crippen LogP) is 0.910. The number of anilines is 3. The van der Waals surface area contributed by atoms with E-state index in [-0.39, 0.29) is 35.0 Å². The average Bonchev–Trinajstić information content (AvgIpc) is 3.19. The minimum absolute atomic E-state index is 0.0494. The molecule has 12 heteroatoms. The van der Waals surface area contributed by atoms with Crippen LogP contribution in [-0.4, -0.2) is 50.3 Å². The number of methoxy groups -OCH3 is 1. The van der Waals surface area contributed by atoms with E-state index in [1.165, 1.54) is 12.0 Å². The number of ether oxygens (including phenoxy) is 1. The van der Waals surface area contributed by atoms with Gasteiger partial charge in [0.2, 0.25) is 32.1 Å². The fraction of sp³-hybridized carbons (Fsp3) is 0.333. The highest BCUT2D eigenvalue weighted by Crippen LogP contribution is 2.29. The van der Waals surface area contributed by atoms with Crippen molar-refractivity contribution in [1.82, 2.24) is 10.2 Å². The van der Waals surface area contributed by atoms with Gasteiger partial charge in [0.05, 0.1) is 19.3 Å². The number of nitrogens with zero attached hydrogens (tertiary/aromatic N) is 3. The van der Waals surface area contributed by atoms with Gasteiger partial charge in [0.25, 0.3) is 0 Å². The summed E-state index contributed by atoms with van der Waals surface area (Å²) in [5.74, 6) is -0.484. The molecule has 0 radical (unpaired) electrons. The highest BCUT2D eigenvalue weighted by Gasteiger charge is 2.35. The third-order valence-electron chi connectivity index (χ3n) is 3.79. The van der Waals surface area contributed by atoms with Crippen LogP contribution in [0.5, 0.6) is 5.75 Å². The molecule has 1 atom stereocenters. The van der Waals surface area contributed by atoms with Crippen molar-refractivity contribution < 1.29 is 22.7 Å². The normalized spacial score (nSPS) is 17.0. The van der Waals surface area contributed by atoms with Gasteiger partial charge in [-0.25, -0.2) is 8.42 Å². The number of sulfonamides is 1. The molecule has 3 rings (SSSR count). The molecule has 0 saturated carbocycles. The van der Waals surface area contributed by atoms with E-state index in [9.17, 15) is 18.0 Å². The average molecular weight is 411 g/mol. The molecule has 144 valence electrons. The van der Waals surface area contributed by atoms with Gasteiger partial charge in [-0.2, -0.15) is 0 Å². The van der Waals surface area contributed by atoms with Crippen molar-refractivity contribution in [2.75, 3.05) is 34.8 Å². The zero-order chi connectivity index (χ0) is 19.6. The van der Waals surface area contributed by atoms with E-state index in [1.807, 2.05) is 0 Å². The van der Waals surface area contributed by atoms with Crippen LogP contribution in [0.1, 0.15) is 6.42 Å². The Morgan fingerprint density at radius 3 is 2.78 bits per heavy atom. The van der Waals surface area contributed by atoms with Crippen LogP contribution in [0.4, 0.5) is 16.0 Å². The fourth-order valence-electron chi connectivity index (χ4n) is 2.59. The lowest BCUT2D eigenvalue weighted by molar-refractivity contribution is -0.122. The Morgan fingerprint density at radius 2 is 2.07 bits per heavy atom. The van der Waals surface area contributed by atoms with Gasteiger partial charge in [-0.3, -0.25) is 14.3 Å². The second-order valence-corrected chi connectivity index (χ2v) is 8.61. The molecule has 0 spiro atoms. The molecule has 1 aromatic heterocycles. The Hall–Kier alpha value is -2.73. The molecule has 10 nitrogen and oxygen atoms in total. The molecule has 2 heterocycles. The van der Waals surface area contributed by atoms with Crippen molar-refractivity contribution in [3.05, 3.63) is 24.3 Å². The molecular formula is C15H17N5O5S2. The molecule has 0 bridgehead atoms. The van der Waals surface area contributed by atoms with E-state index in [4.69, 9.17) is 4.74 Å². The molecule has 2 aromatic rings. The summed E-state index contributed by atoms with van der Waals surface area (Å²) < 4.78 is 29.7. The highest BCUT2D eigenvalue weighted by atomic mass is 32.2. The summed E-state index contributed by atoms with van der Waals surface area (Å²) >= 11 is 0.890. The maximum absolute atomic E-state index is 12.4. The van der Waals surface area contributed by atoms with Crippen LogP contribution in [0.2, 0.25) is 0 Å². The number of rotatable bonds is 6. The molecule has 2 amide bonds. The summed E-state index contributed by atoms with van der Waals surface area (Å²) in [5.41, 5.74) is 0.658. The monoisotopic (exact) mass is 411 g/mol. The van der Waals surface area contributed by atoms with E-state index < -0.39 is 15.9 Å². The van der Waals surface area contributed by atoms with Gasteiger partial charge in [0.15, 0.2) is 0 Å². The number of carbonyl (C=O) groups excluding carboxylic acids is 2. The molecule has 1 aliphatic rings. The van der Waals surface area contributed by atoms with Gasteiger partial charge < -0.3 is 15.0 Å². The topological polar surface area (TPSA) is 131 Å². The van der Waals surface area contributed by atoms with E-state index in [0.29, 0.717) is 11.4 Å². The first-order chi connectivity index (χ1) is 12.7. The quantitative estimate of drug-likeness (QED) is 0.722. The van der Waals surface area contributed by atoms with E-state index in [1.54, 1.807) is 24.3 Å². The van der Waals surface area contributed by atoms with Crippen molar-refractivity contribution in [2.45, 2.75) is 6.42 Å². The first-order valence-corrected chi connectivity index (χ1v) is 10.5. The zero-order valence-corrected chi connectivity index (χ0v) is 16.1. The smallest absolute Gasteiger partial charge is 0.231 e. The van der Waals surface area contributed by atoms with Crippen molar-refractivity contribution in [3.8, 4) is 5.75 Å². The third kappa shape index (κ3) is 4.71. The van der Waals surface area contributed by atoms with Crippen molar-refractivity contribution >= 4 is 49.1 Å². The van der Waals surface area contributed by atoms with Crippen molar-refractivity contribution in [3.63, 3.8) is 0 Å². The van der Waals surface area contributed by atoms with Gasteiger partial charge in [-0.15, -0.1) is 10.2 Å². The molecule has 1 aliphatic heterocycles. The second kappa shape index (κ2) is 7.48. The molecule has 1 unspecified atom stereocenters.